The highest BCUT2D eigenvalue weighted by atomic mass is 32.2. The Morgan fingerprint density at radius 2 is 1.90 bits per heavy atom. The van der Waals surface area contributed by atoms with Gasteiger partial charge in [-0.1, -0.05) is 0 Å². The number of aliphatic carboxylic acids is 1. The molecule has 1 heterocycles. The highest BCUT2D eigenvalue weighted by Gasteiger charge is 2.47. The van der Waals surface area contributed by atoms with Crippen LogP contribution in [0.4, 0.5) is 4.79 Å². The molecule has 1 aliphatic heterocycles. The molecule has 0 spiro atoms. The largest absolute Gasteiger partial charge is 0.480 e. The van der Waals surface area contributed by atoms with E-state index in [0.29, 0.717) is 24.8 Å². The van der Waals surface area contributed by atoms with Gasteiger partial charge in [0.15, 0.2) is 0 Å². The Morgan fingerprint density at radius 1 is 1.25 bits per heavy atom. The predicted octanol–water partition coefficient (Wildman–Crippen LogP) is 0.0702. The zero-order valence-corrected chi connectivity index (χ0v) is 12.1. The zero-order valence-electron chi connectivity index (χ0n) is 11.3. The maximum Gasteiger partial charge on any atom is 0.327 e. The molecule has 2 aliphatic rings. The minimum atomic E-state index is -0.960. The average molecular weight is 301 g/mol. The smallest absolute Gasteiger partial charge is 0.327 e. The SMILES string of the molecule is CC(=O)NCCNC(=O)N1C(C(=O)O)CSC1C1CC1. The molecule has 1 saturated heterocycles. The van der Waals surface area contributed by atoms with Crippen LogP contribution in [0.5, 0.6) is 0 Å². The first-order valence-corrected chi connectivity index (χ1v) is 7.70. The molecule has 20 heavy (non-hydrogen) atoms. The first-order valence-electron chi connectivity index (χ1n) is 6.65. The number of carbonyl (C=O) groups is 3. The monoisotopic (exact) mass is 301 g/mol. The van der Waals surface area contributed by atoms with Crippen LogP contribution in [0, 0.1) is 5.92 Å². The van der Waals surface area contributed by atoms with E-state index >= 15 is 0 Å². The van der Waals surface area contributed by atoms with Gasteiger partial charge in [-0.2, -0.15) is 0 Å². The number of carboxylic acid groups (broad SMARTS) is 1. The Morgan fingerprint density at radius 3 is 2.45 bits per heavy atom. The number of carboxylic acids is 1. The van der Waals surface area contributed by atoms with E-state index in [9.17, 15) is 19.5 Å². The topological polar surface area (TPSA) is 98.7 Å². The summed E-state index contributed by atoms with van der Waals surface area (Å²) in [5.41, 5.74) is 0. The van der Waals surface area contributed by atoms with Gasteiger partial charge in [0.25, 0.3) is 0 Å². The molecule has 3 amide bonds. The minimum absolute atomic E-state index is 0.0307. The van der Waals surface area contributed by atoms with Crippen LogP contribution in [0.1, 0.15) is 19.8 Å². The second-order valence-electron chi connectivity index (χ2n) is 5.04. The van der Waals surface area contributed by atoms with Crippen molar-refractivity contribution < 1.29 is 19.5 Å². The van der Waals surface area contributed by atoms with E-state index in [-0.39, 0.29) is 17.3 Å². The van der Waals surface area contributed by atoms with Crippen molar-refractivity contribution in [3.8, 4) is 0 Å². The van der Waals surface area contributed by atoms with Gasteiger partial charge in [-0.25, -0.2) is 9.59 Å². The maximum atomic E-state index is 12.2. The van der Waals surface area contributed by atoms with Crippen molar-refractivity contribution >= 4 is 29.7 Å². The van der Waals surface area contributed by atoms with Crippen molar-refractivity contribution in [1.82, 2.24) is 15.5 Å². The molecule has 112 valence electrons. The molecule has 1 aliphatic carbocycles. The van der Waals surface area contributed by atoms with E-state index in [2.05, 4.69) is 10.6 Å². The summed E-state index contributed by atoms with van der Waals surface area (Å²) < 4.78 is 0. The fourth-order valence-electron chi connectivity index (χ4n) is 2.22. The number of nitrogens with zero attached hydrogens (tertiary/aromatic N) is 1. The summed E-state index contributed by atoms with van der Waals surface area (Å²) in [6.45, 7) is 2.04. The third kappa shape index (κ3) is 3.56. The van der Waals surface area contributed by atoms with Gasteiger partial charge in [0.05, 0.1) is 5.37 Å². The van der Waals surface area contributed by atoms with Gasteiger partial charge in [0, 0.05) is 25.8 Å². The Balaban J connectivity index is 1.89. The van der Waals surface area contributed by atoms with E-state index in [1.807, 2.05) is 0 Å². The third-order valence-corrected chi connectivity index (χ3v) is 4.82. The van der Waals surface area contributed by atoms with Gasteiger partial charge in [0.2, 0.25) is 5.91 Å². The Hall–Kier alpha value is -1.44. The van der Waals surface area contributed by atoms with Crippen molar-refractivity contribution in [1.29, 1.82) is 0 Å². The number of nitrogens with one attached hydrogen (secondary N) is 2. The molecule has 2 unspecified atom stereocenters. The second-order valence-corrected chi connectivity index (χ2v) is 6.19. The first-order chi connectivity index (χ1) is 9.50. The molecule has 0 radical (unpaired) electrons. The number of thioether (sulfide) groups is 1. The first kappa shape index (κ1) is 15.0. The molecule has 7 nitrogen and oxygen atoms in total. The molecule has 3 N–H and O–H groups in total. The summed E-state index contributed by atoms with van der Waals surface area (Å²) in [5.74, 6) is -0.256. The fraction of sp³-hybridized carbons (Fsp3) is 0.750. The van der Waals surface area contributed by atoms with Crippen LogP contribution in [0.25, 0.3) is 0 Å². The number of urea groups is 1. The quantitative estimate of drug-likeness (QED) is 0.624. The van der Waals surface area contributed by atoms with Crippen molar-refractivity contribution in [3.63, 3.8) is 0 Å². The number of hydrogen-bond acceptors (Lipinski definition) is 4. The molecule has 0 aromatic rings. The highest BCUT2D eigenvalue weighted by Crippen LogP contribution is 2.45. The lowest BCUT2D eigenvalue weighted by Gasteiger charge is -2.27. The van der Waals surface area contributed by atoms with Crippen molar-refractivity contribution in [2.75, 3.05) is 18.8 Å². The fourth-order valence-corrected chi connectivity index (χ4v) is 3.85. The molecular formula is C12H19N3O4S. The molecule has 0 aromatic heterocycles. The van der Waals surface area contributed by atoms with Gasteiger partial charge in [-0.3, -0.25) is 9.69 Å². The molecule has 1 saturated carbocycles. The Kier molecular flexibility index (Phi) is 4.74. The average Bonchev–Trinajstić information content (AvgIpc) is 3.12. The number of rotatable bonds is 5. The van der Waals surface area contributed by atoms with Crippen LogP contribution in [0.3, 0.4) is 0 Å². The lowest BCUT2D eigenvalue weighted by molar-refractivity contribution is -0.141. The summed E-state index contributed by atoms with van der Waals surface area (Å²) in [6, 6.07) is -1.11. The molecule has 2 rings (SSSR count). The summed E-state index contributed by atoms with van der Waals surface area (Å²) in [5, 5.41) is 14.4. The summed E-state index contributed by atoms with van der Waals surface area (Å²) >= 11 is 1.54. The van der Waals surface area contributed by atoms with Gasteiger partial charge < -0.3 is 15.7 Å². The van der Waals surface area contributed by atoms with Crippen molar-refractivity contribution in [3.05, 3.63) is 0 Å². The number of amides is 3. The predicted molar refractivity (Wildman–Crippen MR) is 74.3 cm³/mol. The van der Waals surface area contributed by atoms with Gasteiger partial charge in [-0.05, 0) is 18.8 Å². The Labute approximate surface area is 121 Å². The molecule has 2 atom stereocenters. The molecule has 0 aromatic carbocycles. The van der Waals surface area contributed by atoms with Crippen LogP contribution in [-0.2, 0) is 9.59 Å². The van der Waals surface area contributed by atoms with E-state index in [1.165, 1.54) is 11.8 Å². The van der Waals surface area contributed by atoms with E-state index in [4.69, 9.17) is 0 Å². The number of carbonyl (C=O) groups excluding carboxylic acids is 2. The van der Waals surface area contributed by atoms with E-state index in [0.717, 1.165) is 12.8 Å². The summed E-state index contributed by atoms with van der Waals surface area (Å²) in [6.07, 6.45) is 2.11. The van der Waals surface area contributed by atoms with Crippen LogP contribution < -0.4 is 10.6 Å². The van der Waals surface area contributed by atoms with Crippen LogP contribution in [0.15, 0.2) is 0 Å². The van der Waals surface area contributed by atoms with Gasteiger partial charge in [-0.15, -0.1) is 11.8 Å². The highest BCUT2D eigenvalue weighted by molar-refractivity contribution is 8.00. The molecule has 2 fully saturated rings. The van der Waals surface area contributed by atoms with Gasteiger partial charge in [0.1, 0.15) is 6.04 Å². The summed E-state index contributed by atoms with van der Waals surface area (Å²) in [4.78, 5) is 35.6. The lowest BCUT2D eigenvalue weighted by Crippen LogP contribution is -2.51. The third-order valence-electron chi connectivity index (χ3n) is 3.35. The van der Waals surface area contributed by atoms with Crippen molar-refractivity contribution in [2.24, 2.45) is 5.92 Å². The lowest BCUT2D eigenvalue weighted by atomic mass is 10.2. The summed E-state index contributed by atoms with van der Waals surface area (Å²) in [7, 11) is 0. The van der Waals surface area contributed by atoms with Crippen molar-refractivity contribution in [2.45, 2.75) is 31.2 Å². The zero-order chi connectivity index (χ0) is 14.7. The van der Waals surface area contributed by atoms with Crippen LogP contribution >= 0.6 is 11.8 Å². The standard InChI is InChI=1S/C12H19N3O4S/c1-7(16)13-4-5-14-12(19)15-9(11(17)18)6-20-10(15)8-2-3-8/h8-10H,2-6H2,1H3,(H,13,16)(H,14,19)(H,17,18). The van der Waals surface area contributed by atoms with Gasteiger partial charge >= 0.3 is 12.0 Å². The van der Waals surface area contributed by atoms with E-state index < -0.39 is 12.0 Å². The van der Waals surface area contributed by atoms with E-state index in [1.54, 1.807) is 11.8 Å². The Bertz CT molecular complexity index is 414. The number of hydrogen-bond donors (Lipinski definition) is 3. The maximum absolute atomic E-state index is 12.2. The molecule has 0 bridgehead atoms. The second kappa shape index (κ2) is 6.34. The molecule has 8 heteroatoms. The molecular weight excluding hydrogens is 282 g/mol. The normalized spacial score (nSPS) is 25.4. The minimum Gasteiger partial charge on any atom is -0.480 e. The van der Waals surface area contributed by atoms with Crippen LogP contribution in [-0.4, -0.2) is 58.2 Å². The van der Waals surface area contributed by atoms with Crippen LogP contribution in [0.2, 0.25) is 0 Å².